The molecule has 214 valence electrons. The number of fused-ring (bicyclic) bond motifs is 3. The summed E-state index contributed by atoms with van der Waals surface area (Å²) in [7, 11) is 1.77. The van der Waals surface area contributed by atoms with Crippen LogP contribution in [0.5, 0.6) is 0 Å². The van der Waals surface area contributed by atoms with Crippen molar-refractivity contribution in [1.82, 2.24) is 15.1 Å². The molecule has 0 unspecified atom stereocenters. The third-order valence-corrected chi connectivity index (χ3v) is 8.48. The van der Waals surface area contributed by atoms with E-state index < -0.39 is 5.60 Å². The summed E-state index contributed by atoms with van der Waals surface area (Å²) in [4.78, 5) is 43.7. The van der Waals surface area contributed by atoms with Crippen LogP contribution in [0.2, 0.25) is 0 Å². The SMILES string of the molecule is CN(C[C@H]1Nc2ccccc2[C@@H]2[C@H]1CCN2C(=O)[C@H]1CCCC[C@H]1NC(=O)c1ccccc1)C(=O)OC(C)(C)C. The van der Waals surface area contributed by atoms with Gasteiger partial charge in [0.15, 0.2) is 0 Å². The van der Waals surface area contributed by atoms with Gasteiger partial charge in [0.25, 0.3) is 5.91 Å². The summed E-state index contributed by atoms with van der Waals surface area (Å²) < 4.78 is 5.60. The molecular formula is C32H42N4O4. The predicted octanol–water partition coefficient (Wildman–Crippen LogP) is 5.23. The first-order chi connectivity index (χ1) is 19.1. The van der Waals surface area contributed by atoms with Crippen LogP contribution < -0.4 is 10.6 Å². The summed E-state index contributed by atoms with van der Waals surface area (Å²) in [5.74, 6) is -0.0849. The Kier molecular flexibility index (Phi) is 8.06. The van der Waals surface area contributed by atoms with Gasteiger partial charge < -0.3 is 25.2 Å². The van der Waals surface area contributed by atoms with Gasteiger partial charge in [0, 0.05) is 49.4 Å². The normalized spacial score (nSPS) is 25.7. The van der Waals surface area contributed by atoms with Crippen molar-refractivity contribution in [2.75, 3.05) is 25.5 Å². The van der Waals surface area contributed by atoms with Gasteiger partial charge in [-0.1, -0.05) is 49.2 Å². The van der Waals surface area contributed by atoms with E-state index in [2.05, 4.69) is 27.7 Å². The van der Waals surface area contributed by atoms with E-state index in [0.29, 0.717) is 18.7 Å². The first-order valence-electron chi connectivity index (χ1n) is 14.6. The van der Waals surface area contributed by atoms with Crippen molar-refractivity contribution < 1.29 is 19.1 Å². The monoisotopic (exact) mass is 546 g/mol. The minimum Gasteiger partial charge on any atom is -0.444 e. The van der Waals surface area contributed by atoms with Crippen LogP contribution in [-0.2, 0) is 9.53 Å². The Bertz CT molecular complexity index is 1230. The largest absolute Gasteiger partial charge is 0.444 e. The van der Waals surface area contributed by atoms with Gasteiger partial charge in [0.05, 0.1) is 12.0 Å². The van der Waals surface area contributed by atoms with Gasteiger partial charge >= 0.3 is 6.09 Å². The molecule has 2 N–H and O–H groups in total. The van der Waals surface area contributed by atoms with Crippen molar-refractivity contribution in [2.24, 2.45) is 11.8 Å². The number of para-hydroxylation sites is 1. The Labute approximate surface area is 237 Å². The van der Waals surface area contributed by atoms with Crippen LogP contribution in [0.1, 0.15) is 74.8 Å². The number of nitrogens with zero attached hydrogens (tertiary/aromatic N) is 2. The molecule has 1 saturated heterocycles. The molecule has 0 bridgehead atoms. The number of anilines is 1. The fourth-order valence-electron chi connectivity index (χ4n) is 6.62. The van der Waals surface area contributed by atoms with E-state index in [1.807, 2.05) is 51.1 Å². The fraction of sp³-hybridized carbons (Fsp3) is 0.531. The Morgan fingerprint density at radius 1 is 1.00 bits per heavy atom. The van der Waals surface area contributed by atoms with E-state index in [1.54, 1.807) is 24.1 Å². The molecule has 2 aromatic rings. The number of likely N-dealkylation sites (N-methyl/N-ethyl adjacent to an activating group) is 1. The molecule has 8 nitrogen and oxygen atoms in total. The average Bonchev–Trinajstić information content (AvgIpc) is 3.38. The number of carbonyl (C=O) groups is 3. The molecule has 2 heterocycles. The Balaban J connectivity index is 1.35. The molecule has 8 heteroatoms. The van der Waals surface area contributed by atoms with Crippen LogP contribution in [0.15, 0.2) is 54.6 Å². The van der Waals surface area contributed by atoms with Gasteiger partial charge in [-0.3, -0.25) is 9.59 Å². The van der Waals surface area contributed by atoms with Crippen LogP contribution in [-0.4, -0.2) is 65.5 Å². The van der Waals surface area contributed by atoms with E-state index in [4.69, 9.17) is 4.74 Å². The summed E-state index contributed by atoms with van der Waals surface area (Å²) in [6.07, 6.45) is 4.06. The molecule has 3 aliphatic rings. The minimum atomic E-state index is -0.566. The van der Waals surface area contributed by atoms with Crippen LogP contribution in [0.4, 0.5) is 10.5 Å². The second-order valence-corrected chi connectivity index (χ2v) is 12.5. The topological polar surface area (TPSA) is 91.0 Å². The predicted molar refractivity (Wildman–Crippen MR) is 155 cm³/mol. The quantitative estimate of drug-likeness (QED) is 0.536. The number of amides is 3. The van der Waals surface area contributed by atoms with Gasteiger partial charge in [-0.05, 0) is 63.8 Å². The highest BCUT2D eigenvalue weighted by molar-refractivity contribution is 5.95. The molecule has 5 rings (SSSR count). The average molecular weight is 547 g/mol. The third kappa shape index (κ3) is 5.96. The van der Waals surface area contributed by atoms with Gasteiger partial charge in [-0.15, -0.1) is 0 Å². The Morgan fingerprint density at radius 3 is 2.45 bits per heavy atom. The number of likely N-dealkylation sites (tertiary alicyclic amines) is 1. The zero-order valence-electron chi connectivity index (χ0n) is 24.1. The van der Waals surface area contributed by atoms with Gasteiger partial charge in [-0.25, -0.2) is 4.79 Å². The number of nitrogens with one attached hydrogen (secondary N) is 2. The summed E-state index contributed by atoms with van der Waals surface area (Å²) >= 11 is 0. The highest BCUT2D eigenvalue weighted by Gasteiger charge is 2.48. The third-order valence-electron chi connectivity index (χ3n) is 8.48. The van der Waals surface area contributed by atoms with Crippen molar-refractivity contribution in [3.63, 3.8) is 0 Å². The lowest BCUT2D eigenvalue weighted by atomic mass is 9.80. The van der Waals surface area contributed by atoms with Crippen molar-refractivity contribution in [2.45, 2.75) is 76.6 Å². The number of hydrogen-bond donors (Lipinski definition) is 2. The van der Waals surface area contributed by atoms with Crippen LogP contribution in [0.3, 0.4) is 0 Å². The van der Waals surface area contributed by atoms with E-state index in [0.717, 1.165) is 43.4 Å². The maximum Gasteiger partial charge on any atom is 0.410 e. The molecule has 2 aliphatic heterocycles. The van der Waals surface area contributed by atoms with Crippen molar-refractivity contribution in [3.05, 3.63) is 65.7 Å². The first-order valence-corrected chi connectivity index (χ1v) is 14.6. The van der Waals surface area contributed by atoms with E-state index in [9.17, 15) is 14.4 Å². The van der Waals surface area contributed by atoms with Crippen LogP contribution in [0.25, 0.3) is 0 Å². The van der Waals surface area contributed by atoms with Gasteiger partial charge in [0.2, 0.25) is 5.91 Å². The molecule has 3 amide bonds. The molecule has 5 atom stereocenters. The molecule has 0 aromatic heterocycles. The second kappa shape index (κ2) is 11.5. The van der Waals surface area contributed by atoms with Crippen LogP contribution in [0, 0.1) is 11.8 Å². The Morgan fingerprint density at radius 2 is 1.70 bits per heavy atom. The van der Waals surface area contributed by atoms with Crippen molar-refractivity contribution in [1.29, 1.82) is 0 Å². The first kappa shape index (κ1) is 28.0. The molecule has 0 spiro atoms. The summed E-state index contributed by atoms with van der Waals surface area (Å²) in [5, 5.41) is 6.85. The van der Waals surface area contributed by atoms with Gasteiger partial charge in [-0.2, -0.15) is 0 Å². The fourth-order valence-corrected chi connectivity index (χ4v) is 6.62. The zero-order valence-corrected chi connectivity index (χ0v) is 24.1. The highest BCUT2D eigenvalue weighted by Crippen LogP contribution is 2.47. The number of rotatable bonds is 5. The molecule has 40 heavy (non-hydrogen) atoms. The lowest BCUT2D eigenvalue weighted by molar-refractivity contribution is -0.138. The lowest BCUT2D eigenvalue weighted by Gasteiger charge is -2.42. The maximum absolute atomic E-state index is 14.3. The molecule has 0 radical (unpaired) electrons. The molecular weight excluding hydrogens is 504 g/mol. The Hall–Kier alpha value is -3.55. The summed E-state index contributed by atoms with van der Waals surface area (Å²) in [6, 6.07) is 17.1. The van der Waals surface area contributed by atoms with Crippen molar-refractivity contribution >= 4 is 23.6 Å². The molecule has 1 saturated carbocycles. The highest BCUT2D eigenvalue weighted by atomic mass is 16.6. The van der Waals surface area contributed by atoms with E-state index in [-0.39, 0.29) is 47.9 Å². The summed E-state index contributed by atoms with van der Waals surface area (Å²) in [6.45, 7) is 6.74. The minimum absolute atomic E-state index is 0.0184. The number of hydrogen-bond acceptors (Lipinski definition) is 5. The molecule has 2 aromatic carbocycles. The number of benzene rings is 2. The van der Waals surface area contributed by atoms with Crippen LogP contribution >= 0.6 is 0 Å². The molecule has 1 aliphatic carbocycles. The molecule has 2 fully saturated rings. The van der Waals surface area contributed by atoms with Crippen molar-refractivity contribution in [3.8, 4) is 0 Å². The zero-order chi connectivity index (χ0) is 28.4. The second-order valence-electron chi connectivity index (χ2n) is 12.5. The van der Waals surface area contributed by atoms with E-state index in [1.165, 1.54) is 0 Å². The number of ether oxygens (including phenoxy) is 1. The summed E-state index contributed by atoms with van der Waals surface area (Å²) in [5.41, 5.74) is 2.17. The lowest BCUT2D eigenvalue weighted by Crippen LogP contribution is -2.51. The standard InChI is InChI=1S/C32H42N4O4/c1-32(2,3)40-31(39)35(4)20-27-23-18-19-36(28(23)22-14-8-10-16-25(22)33-27)30(38)24-15-9-11-17-26(24)34-29(37)21-12-6-5-7-13-21/h5-8,10,12-14,16,23-24,26-28,33H,9,11,15,17-20H2,1-4H3,(H,34,37)/t23-,24-,26+,27+,28+/m0/s1. The number of carbonyl (C=O) groups excluding carboxylic acids is 3. The smallest absolute Gasteiger partial charge is 0.410 e. The van der Waals surface area contributed by atoms with Gasteiger partial charge in [0.1, 0.15) is 5.60 Å². The maximum atomic E-state index is 14.3. The van der Waals surface area contributed by atoms with E-state index >= 15 is 0 Å².